The molecule has 0 spiro atoms. The van der Waals surface area contributed by atoms with E-state index < -0.39 is 0 Å². The maximum Gasteiger partial charge on any atom is 0.227 e. The number of fused-ring (bicyclic) bond motifs is 1. The van der Waals surface area contributed by atoms with Gasteiger partial charge in [-0.25, -0.2) is 9.37 Å². The van der Waals surface area contributed by atoms with Crippen molar-refractivity contribution < 1.29 is 13.5 Å². The summed E-state index contributed by atoms with van der Waals surface area (Å²) in [4.78, 5) is 8.69. The molecule has 0 radical (unpaired) electrons. The molecule has 0 aliphatic rings. The summed E-state index contributed by atoms with van der Waals surface area (Å²) in [5.74, 6) is 0.742. The van der Waals surface area contributed by atoms with E-state index in [1.54, 1.807) is 19.4 Å². The highest BCUT2D eigenvalue weighted by Crippen LogP contribution is 2.34. The van der Waals surface area contributed by atoms with Gasteiger partial charge in [-0.1, -0.05) is 6.07 Å². The van der Waals surface area contributed by atoms with Crippen molar-refractivity contribution >= 4 is 23.5 Å². The largest absolute Gasteiger partial charge is 0.496 e. The summed E-state index contributed by atoms with van der Waals surface area (Å²) in [5.41, 5.74) is 3.48. The minimum Gasteiger partial charge on any atom is -0.496 e. The van der Waals surface area contributed by atoms with E-state index in [4.69, 9.17) is 9.15 Å². The predicted molar refractivity (Wildman–Crippen MR) is 96.4 cm³/mol. The van der Waals surface area contributed by atoms with Crippen LogP contribution in [0.15, 0.2) is 65.2 Å². The van der Waals surface area contributed by atoms with Crippen LogP contribution in [0.4, 0.5) is 4.39 Å². The quantitative estimate of drug-likeness (QED) is 0.510. The van der Waals surface area contributed by atoms with Gasteiger partial charge in [0.05, 0.1) is 12.8 Å². The van der Waals surface area contributed by atoms with Gasteiger partial charge < -0.3 is 9.15 Å². The average molecular weight is 357 g/mol. The number of ether oxygens (including phenoxy) is 1. The van der Waals surface area contributed by atoms with Crippen molar-refractivity contribution in [2.45, 2.75) is 0 Å². The van der Waals surface area contributed by atoms with E-state index in [1.165, 1.54) is 12.1 Å². The van der Waals surface area contributed by atoms with Gasteiger partial charge in [0.25, 0.3) is 0 Å². The van der Waals surface area contributed by atoms with Gasteiger partial charge in [0.15, 0.2) is 5.58 Å². The van der Waals surface area contributed by atoms with Crippen LogP contribution in [0.2, 0.25) is 0 Å². The fourth-order valence-electron chi connectivity index (χ4n) is 2.58. The summed E-state index contributed by atoms with van der Waals surface area (Å²) in [5, 5.41) is 0. The molecule has 2 aromatic heterocycles. The maximum absolute atomic E-state index is 13.3. The molecule has 0 fully saturated rings. The van der Waals surface area contributed by atoms with Crippen molar-refractivity contribution in [3.05, 3.63) is 66.6 Å². The van der Waals surface area contributed by atoms with Crippen LogP contribution in [0, 0.1) is 5.82 Å². The lowest BCUT2D eigenvalue weighted by Gasteiger charge is -2.09. The number of nitrogens with zero attached hydrogens (tertiary/aromatic N) is 2. The number of rotatable bonds is 3. The second-order valence-electron chi connectivity index (χ2n) is 5.26. The number of oxazole rings is 1. The third kappa shape index (κ3) is 3.19. The van der Waals surface area contributed by atoms with Crippen molar-refractivity contribution in [3.63, 3.8) is 0 Å². The van der Waals surface area contributed by atoms with E-state index in [1.807, 2.05) is 36.4 Å². The number of hydrogen-bond donors (Lipinski definition) is 0. The maximum atomic E-state index is 13.3. The van der Waals surface area contributed by atoms with Gasteiger partial charge in [-0.15, -0.1) is 12.4 Å². The number of pyridine rings is 1. The first-order valence-corrected chi connectivity index (χ1v) is 7.40. The molecule has 4 aromatic rings. The smallest absolute Gasteiger partial charge is 0.227 e. The highest BCUT2D eigenvalue weighted by atomic mass is 35.5. The molecule has 0 unspecified atom stereocenters. The van der Waals surface area contributed by atoms with Crippen LogP contribution in [0.5, 0.6) is 5.75 Å². The summed E-state index contributed by atoms with van der Waals surface area (Å²) >= 11 is 0. The standard InChI is InChI=1S/C19H13FN2O2.ClH/c1-23-18-10-12(5-7-14(18)15-4-2-3-9-21-15)19-22-16-11-13(20)6-8-17(16)24-19;/h2-11H,1H3;1H. The van der Waals surface area contributed by atoms with Crippen molar-refractivity contribution in [3.8, 4) is 28.5 Å². The van der Waals surface area contributed by atoms with Crippen molar-refractivity contribution in [2.75, 3.05) is 7.11 Å². The summed E-state index contributed by atoms with van der Waals surface area (Å²) in [6, 6.07) is 15.6. The zero-order valence-corrected chi connectivity index (χ0v) is 14.1. The van der Waals surface area contributed by atoms with Gasteiger partial charge in [-0.2, -0.15) is 0 Å². The lowest BCUT2D eigenvalue weighted by molar-refractivity contribution is 0.416. The average Bonchev–Trinajstić information content (AvgIpc) is 3.05. The lowest BCUT2D eigenvalue weighted by atomic mass is 10.1. The second kappa shape index (κ2) is 6.91. The van der Waals surface area contributed by atoms with Crippen LogP contribution >= 0.6 is 12.4 Å². The van der Waals surface area contributed by atoms with Crippen molar-refractivity contribution in [2.24, 2.45) is 0 Å². The molecular formula is C19H14ClFN2O2. The van der Waals surface area contributed by atoms with E-state index in [9.17, 15) is 4.39 Å². The Hall–Kier alpha value is -2.92. The van der Waals surface area contributed by atoms with E-state index in [0.717, 1.165) is 16.8 Å². The fraction of sp³-hybridized carbons (Fsp3) is 0.0526. The number of aromatic nitrogens is 2. The van der Waals surface area contributed by atoms with Crippen LogP contribution in [0.25, 0.3) is 33.8 Å². The minimum atomic E-state index is -0.342. The Morgan fingerprint density at radius 1 is 1.04 bits per heavy atom. The van der Waals surface area contributed by atoms with E-state index in [2.05, 4.69) is 9.97 Å². The molecule has 126 valence electrons. The molecule has 2 heterocycles. The Bertz CT molecular complexity index is 1020. The molecule has 0 saturated heterocycles. The van der Waals surface area contributed by atoms with Gasteiger partial charge >= 0.3 is 0 Å². The van der Waals surface area contributed by atoms with Crippen LogP contribution < -0.4 is 4.74 Å². The first kappa shape index (κ1) is 16.9. The molecule has 0 bridgehead atoms. The number of hydrogen-bond acceptors (Lipinski definition) is 4. The Morgan fingerprint density at radius 3 is 2.68 bits per heavy atom. The molecule has 2 aromatic carbocycles. The van der Waals surface area contributed by atoms with E-state index >= 15 is 0 Å². The third-order valence-electron chi connectivity index (χ3n) is 3.74. The molecule has 0 amide bonds. The molecule has 0 N–H and O–H groups in total. The molecule has 4 nitrogen and oxygen atoms in total. The Balaban J connectivity index is 0.00000182. The highest BCUT2D eigenvalue weighted by molar-refractivity contribution is 5.85. The normalized spacial score (nSPS) is 10.5. The zero-order valence-electron chi connectivity index (χ0n) is 13.3. The molecule has 25 heavy (non-hydrogen) atoms. The Morgan fingerprint density at radius 2 is 1.92 bits per heavy atom. The molecule has 0 saturated carbocycles. The van der Waals surface area contributed by atoms with Crippen molar-refractivity contribution in [1.29, 1.82) is 0 Å². The molecule has 0 aliphatic carbocycles. The summed E-state index contributed by atoms with van der Waals surface area (Å²) in [6.07, 6.45) is 1.73. The molecule has 6 heteroatoms. The van der Waals surface area contributed by atoms with Crippen LogP contribution in [0.3, 0.4) is 0 Å². The van der Waals surface area contributed by atoms with Gasteiger partial charge in [-0.3, -0.25) is 4.98 Å². The second-order valence-corrected chi connectivity index (χ2v) is 5.26. The number of methoxy groups -OCH3 is 1. The first-order valence-electron chi connectivity index (χ1n) is 7.40. The first-order chi connectivity index (χ1) is 11.7. The Kier molecular flexibility index (Phi) is 4.67. The van der Waals surface area contributed by atoms with Crippen LogP contribution in [-0.4, -0.2) is 17.1 Å². The lowest BCUT2D eigenvalue weighted by Crippen LogP contribution is -1.91. The number of halogens is 2. The van der Waals surface area contributed by atoms with Gasteiger partial charge in [-0.05, 0) is 42.5 Å². The number of benzene rings is 2. The minimum absolute atomic E-state index is 0. The fourth-order valence-corrected chi connectivity index (χ4v) is 2.58. The summed E-state index contributed by atoms with van der Waals surface area (Å²) in [7, 11) is 1.60. The van der Waals surface area contributed by atoms with Gasteiger partial charge in [0.2, 0.25) is 5.89 Å². The van der Waals surface area contributed by atoms with Gasteiger partial charge in [0, 0.05) is 23.4 Å². The topological polar surface area (TPSA) is 48.2 Å². The molecule has 4 rings (SSSR count). The molecule has 0 aliphatic heterocycles. The Labute approximate surface area is 149 Å². The van der Waals surface area contributed by atoms with Crippen LogP contribution in [-0.2, 0) is 0 Å². The van der Waals surface area contributed by atoms with E-state index in [0.29, 0.717) is 22.7 Å². The molecular weight excluding hydrogens is 343 g/mol. The van der Waals surface area contributed by atoms with E-state index in [-0.39, 0.29) is 18.2 Å². The summed E-state index contributed by atoms with van der Waals surface area (Å²) < 4.78 is 24.5. The zero-order chi connectivity index (χ0) is 16.5. The molecule has 0 atom stereocenters. The van der Waals surface area contributed by atoms with Crippen molar-refractivity contribution in [1.82, 2.24) is 9.97 Å². The monoisotopic (exact) mass is 356 g/mol. The third-order valence-corrected chi connectivity index (χ3v) is 3.74. The van der Waals surface area contributed by atoms with Crippen LogP contribution in [0.1, 0.15) is 0 Å². The summed E-state index contributed by atoms with van der Waals surface area (Å²) in [6.45, 7) is 0. The predicted octanol–water partition coefficient (Wildman–Crippen LogP) is 5.13. The van der Waals surface area contributed by atoms with Gasteiger partial charge in [0.1, 0.15) is 17.1 Å². The highest BCUT2D eigenvalue weighted by Gasteiger charge is 2.13. The SMILES string of the molecule is COc1cc(-c2nc3cc(F)ccc3o2)ccc1-c1ccccn1.Cl.